The molecule has 4 amide bonds. The number of hydrazine groups is 1. The van der Waals surface area contributed by atoms with E-state index in [0.717, 1.165) is 50.9 Å². The van der Waals surface area contributed by atoms with Gasteiger partial charge in [-0.05, 0) is 68.9 Å². The van der Waals surface area contributed by atoms with Crippen LogP contribution < -0.4 is 10.4 Å². The zero-order chi connectivity index (χ0) is 47.8. The van der Waals surface area contributed by atoms with E-state index in [-0.39, 0.29) is 65.8 Å². The summed E-state index contributed by atoms with van der Waals surface area (Å²) in [6.07, 6.45) is 4.52. The maximum absolute atomic E-state index is 14.5. The molecule has 356 valence electrons. The zero-order valence-electron chi connectivity index (χ0n) is 39.6. The number of rotatable bonds is 11. The second kappa shape index (κ2) is 19.9. The molecule has 2 fully saturated rings. The molecule has 2 saturated heterocycles. The second-order valence-corrected chi connectivity index (χ2v) is 23.0. The average molecular weight is 962 g/mol. The number of carbonyl (C=O) groups is 4. The monoisotopic (exact) mass is 961 g/mol. The van der Waals surface area contributed by atoms with Gasteiger partial charge in [0.2, 0.25) is 21.8 Å². The van der Waals surface area contributed by atoms with Gasteiger partial charge in [-0.25, -0.2) is 23.6 Å². The molecule has 3 aliphatic rings. The first kappa shape index (κ1) is 49.2. The number of sulfonamides is 1. The van der Waals surface area contributed by atoms with E-state index in [2.05, 4.69) is 60.0 Å². The van der Waals surface area contributed by atoms with Crippen LogP contribution in [0.5, 0.6) is 0 Å². The van der Waals surface area contributed by atoms with Crippen molar-refractivity contribution in [2.24, 2.45) is 11.3 Å². The summed E-state index contributed by atoms with van der Waals surface area (Å²) in [4.78, 5) is 71.9. The molecule has 3 aromatic heterocycles. The molecular formula is C46H63N9O8S2Si. The highest BCUT2D eigenvalue weighted by Gasteiger charge is 2.42. The molecule has 4 atom stereocenters. The molecule has 1 aromatic carbocycles. The van der Waals surface area contributed by atoms with Crippen molar-refractivity contribution >= 4 is 65.8 Å². The van der Waals surface area contributed by atoms with E-state index >= 15 is 0 Å². The van der Waals surface area contributed by atoms with Gasteiger partial charge in [-0.2, -0.15) is 4.31 Å². The van der Waals surface area contributed by atoms with Gasteiger partial charge in [-0.1, -0.05) is 33.8 Å². The highest BCUT2D eigenvalue weighted by atomic mass is 32.2. The van der Waals surface area contributed by atoms with Crippen LogP contribution in [0.3, 0.4) is 0 Å². The lowest BCUT2D eigenvalue weighted by molar-refractivity contribution is -0.154. The third-order valence-electron chi connectivity index (χ3n) is 13.0. The number of pyridine rings is 1. The predicted molar refractivity (Wildman–Crippen MR) is 255 cm³/mol. The van der Waals surface area contributed by atoms with Crippen molar-refractivity contribution in [1.29, 1.82) is 0 Å². The standard InChI is InChI=1S/C46H63N9O8S2Si/c1-11-54-36-17-16-29-20-32(36)33(41(54)31-14-12-18-47-39(31)28(4)62-9)22-46(5,6)26-63-44(58)34-15-13-19-55(49-34)43(57)37(21-38-48-35(29)25-64-38)66-50-42(56)40(27(2)3)51(7)45(59)53-23-30(24-53)52(8)65(10,60)61/h12,14,16-18,20,25,27-28,30,34,37,40,49H,11,13,15,19,21-24,26H2,1-10H3,(H,50,56)/t28-,34-,37?,40-/m0/s1. The topological polar surface area (TPSA) is 189 Å². The predicted octanol–water partition coefficient (Wildman–Crippen LogP) is 4.89. The van der Waals surface area contributed by atoms with Crippen molar-refractivity contribution in [3.05, 3.63) is 58.2 Å². The summed E-state index contributed by atoms with van der Waals surface area (Å²) >= 11 is 1.45. The number of esters is 1. The molecule has 66 heavy (non-hydrogen) atoms. The van der Waals surface area contributed by atoms with Crippen LogP contribution in [0.15, 0.2) is 41.9 Å². The number of nitrogens with zero attached hydrogens (tertiary/aromatic N) is 7. The number of likely N-dealkylation sites (N-methyl/N-ethyl adjacent to an activating group) is 2. The van der Waals surface area contributed by atoms with Crippen LogP contribution in [0.2, 0.25) is 5.54 Å². The number of ether oxygens (including phenoxy) is 2. The van der Waals surface area contributed by atoms with Crippen molar-refractivity contribution in [2.75, 3.05) is 53.7 Å². The number of nitrogens with one attached hydrogen (secondary N) is 2. The minimum Gasteiger partial charge on any atom is -0.464 e. The van der Waals surface area contributed by atoms with Gasteiger partial charge in [0.25, 0.3) is 0 Å². The fourth-order valence-electron chi connectivity index (χ4n) is 9.18. The Morgan fingerprint density at radius 2 is 1.89 bits per heavy atom. The van der Waals surface area contributed by atoms with Crippen LogP contribution in [0.25, 0.3) is 33.4 Å². The van der Waals surface area contributed by atoms with Gasteiger partial charge in [0.1, 0.15) is 12.1 Å². The highest BCUT2D eigenvalue weighted by Crippen LogP contribution is 2.42. The molecule has 7 rings (SSSR count). The first-order valence-electron chi connectivity index (χ1n) is 22.5. The van der Waals surface area contributed by atoms with Crippen molar-refractivity contribution in [2.45, 2.75) is 104 Å². The maximum atomic E-state index is 14.5. The maximum Gasteiger partial charge on any atom is 0.324 e. The lowest BCUT2D eigenvalue weighted by Gasteiger charge is -2.45. The Bertz CT molecular complexity index is 2580. The number of benzene rings is 1. The second-order valence-electron chi connectivity index (χ2n) is 18.8. The Kier molecular flexibility index (Phi) is 14.8. The molecule has 0 saturated carbocycles. The van der Waals surface area contributed by atoms with Crippen molar-refractivity contribution in [1.82, 2.24) is 44.1 Å². The van der Waals surface area contributed by atoms with Gasteiger partial charge in [0.05, 0.1) is 52.6 Å². The van der Waals surface area contributed by atoms with E-state index in [0.29, 0.717) is 37.4 Å². The number of carbonyl (C=O) groups excluding carboxylic acids is 4. The number of likely N-dealkylation sites (tertiary alicyclic amines) is 1. The van der Waals surface area contributed by atoms with Crippen LogP contribution in [0.1, 0.15) is 76.8 Å². The summed E-state index contributed by atoms with van der Waals surface area (Å²) in [5.74, 6) is -1.42. The summed E-state index contributed by atoms with van der Waals surface area (Å²) in [5.41, 5.74) is 8.61. The van der Waals surface area contributed by atoms with Crippen molar-refractivity contribution in [3.63, 3.8) is 0 Å². The normalized spacial score (nSPS) is 20.5. The number of aromatic nitrogens is 3. The van der Waals surface area contributed by atoms with Crippen molar-refractivity contribution in [3.8, 4) is 22.5 Å². The first-order valence-corrected chi connectivity index (χ1v) is 26.4. The number of thiazole rings is 1. The minimum atomic E-state index is -3.43. The molecule has 17 nitrogen and oxygen atoms in total. The van der Waals surface area contributed by atoms with E-state index in [1.807, 2.05) is 32.2 Å². The molecule has 2 radical (unpaired) electrons. The molecule has 6 heterocycles. The molecular weight excluding hydrogens is 899 g/mol. The number of amides is 4. The number of methoxy groups -OCH3 is 1. The first-order chi connectivity index (χ1) is 31.2. The number of aryl methyl sites for hydroxylation is 1. The fourth-order valence-corrected chi connectivity index (χ4v) is 11.9. The number of hydrogen-bond donors (Lipinski definition) is 2. The summed E-state index contributed by atoms with van der Waals surface area (Å²) in [6, 6.07) is 8.07. The Morgan fingerprint density at radius 1 is 1.15 bits per heavy atom. The van der Waals surface area contributed by atoms with Gasteiger partial charge >= 0.3 is 12.0 Å². The highest BCUT2D eigenvalue weighted by molar-refractivity contribution is 7.88. The van der Waals surface area contributed by atoms with Crippen LogP contribution in [-0.4, -0.2) is 147 Å². The van der Waals surface area contributed by atoms with Gasteiger partial charge in [0.15, 0.2) is 9.68 Å². The van der Waals surface area contributed by atoms with Gasteiger partial charge in [0, 0.05) is 92.8 Å². The molecule has 20 heteroatoms. The van der Waals surface area contributed by atoms with Crippen molar-refractivity contribution < 1.29 is 37.1 Å². The number of urea groups is 1. The third kappa shape index (κ3) is 10.2. The SMILES string of the molecule is CCn1c(-c2cccnc2[C@H](C)OC)c2c3cc(ccc31)-c1csc(n1)CC([Si]NC(=O)[C@H](C(C)C)N(C)C(=O)N1CC(N(C)S(C)(=O)=O)C1)C(=O)N1CCC[C@H](N1)C(=O)OCC(C)(C)C2. The Balaban J connectivity index is 1.21. The minimum absolute atomic E-state index is 0.139. The van der Waals surface area contributed by atoms with E-state index in [4.69, 9.17) is 19.4 Å². The molecule has 3 aliphatic heterocycles. The Hall–Kier alpha value is -4.73. The average Bonchev–Trinajstić information content (AvgIpc) is 3.86. The third-order valence-corrected chi connectivity index (χ3v) is 16.4. The van der Waals surface area contributed by atoms with E-state index in [1.165, 1.54) is 37.5 Å². The van der Waals surface area contributed by atoms with Gasteiger partial charge in [-0.15, -0.1) is 11.3 Å². The zero-order valence-corrected chi connectivity index (χ0v) is 42.2. The lowest BCUT2D eigenvalue weighted by atomic mass is 9.84. The quantitative estimate of drug-likeness (QED) is 0.154. The Labute approximate surface area is 394 Å². The molecule has 2 N–H and O–H groups in total. The number of hydrogen-bond acceptors (Lipinski definition) is 12. The van der Waals surface area contributed by atoms with E-state index in [9.17, 15) is 27.6 Å². The smallest absolute Gasteiger partial charge is 0.324 e. The number of fused-ring (bicyclic) bond motifs is 6. The van der Waals surface area contributed by atoms with Crippen LogP contribution in [-0.2, 0) is 53.3 Å². The molecule has 4 aromatic rings. The summed E-state index contributed by atoms with van der Waals surface area (Å²) in [5, 5.41) is 5.25. The molecule has 0 spiro atoms. The fraction of sp³-hybridized carbons (Fsp3) is 0.565. The van der Waals surface area contributed by atoms with Crippen LogP contribution >= 0.6 is 11.3 Å². The summed E-state index contributed by atoms with van der Waals surface area (Å²) in [6.45, 7) is 13.6. The molecule has 0 aliphatic carbocycles. The summed E-state index contributed by atoms with van der Waals surface area (Å²) in [7, 11) is 0.923. The lowest BCUT2D eigenvalue weighted by Crippen LogP contribution is -2.65. The number of cyclic esters (lactones) is 1. The van der Waals surface area contributed by atoms with Crippen LogP contribution in [0, 0.1) is 11.3 Å². The van der Waals surface area contributed by atoms with E-state index < -0.39 is 44.9 Å². The molecule has 6 bridgehead atoms. The summed E-state index contributed by atoms with van der Waals surface area (Å²) < 4.78 is 39.6. The van der Waals surface area contributed by atoms with Crippen LogP contribution in [0.4, 0.5) is 4.79 Å². The largest absolute Gasteiger partial charge is 0.464 e. The van der Waals surface area contributed by atoms with E-state index in [1.54, 1.807) is 20.4 Å². The molecule has 1 unspecified atom stereocenters. The van der Waals surface area contributed by atoms with Gasteiger partial charge < -0.3 is 28.8 Å². The van der Waals surface area contributed by atoms with Gasteiger partial charge in [-0.3, -0.25) is 24.4 Å². The Morgan fingerprint density at radius 3 is 2.58 bits per heavy atom.